The number of carbonyl (C=O) groups excluding carboxylic acids is 1. The van der Waals surface area contributed by atoms with Gasteiger partial charge in [0.2, 0.25) is 5.82 Å². The molecule has 2 aliphatic heterocycles. The molecule has 35 heavy (non-hydrogen) atoms. The molecule has 2 aliphatic rings. The molecule has 2 bridgehead atoms. The summed E-state index contributed by atoms with van der Waals surface area (Å²) in [7, 11) is -3.71. The Hall–Kier alpha value is -3.81. The van der Waals surface area contributed by atoms with Crippen LogP contribution < -0.4 is 5.73 Å². The summed E-state index contributed by atoms with van der Waals surface area (Å²) in [6, 6.07) is -0.120. The zero-order chi connectivity index (χ0) is 24.5. The maximum absolute atomic E-state index is 13.1. The van der Waals surface area contributed by atoms with E-state index < -0.39 is 9.84 Å². The molecule has 0 saturated carbocycles. The van der Waals surface area contributed by atoms with Gasteiger partial charge in [-0.2, -0.15) is 14.7 Å². The maximum Gasteiger partial charge on any atom is 0.294 e. The van der Waals surface area contributed by atoms with E-state index in [0.29, 0.717) is 35.6 Å². The van der Waals surface area contributed by atoms with Crippen LogP contribution in [0.15, 0.2) is 23.5 Å². The maximum atomic E-state index is 13.1. The first-order valence-electron chi connectivity index (χ1n) is 11.3. The van der Waals surface area contributed by atoms with E-state index in [1.165, 1.54) is 4.52 Å². The highest BCUT2D eigenvalue weighted by molar-refractivity contribution is 7.91. The van der Waals surface area contributed by atoms with E-state index in [1.54, 1.807) is 25.5 Å². The Bertz CT molecular complexity index is 1540. The monoisotopic (exact) mass is 496 g/mol. The van der Waals surface area contributed by atoms with Gasteiger partial charge in [0.1, 0.15) is 16.5 Å². The number of aromatic amines is 2. The van der Waals surface area contributed by atoms with Crippen LogP contribution in [-0.4, -0.2) is 77.5 Å². The van der Waals surface area contributed by atoms with Gasteiger partial charge in [-0.05, 0) is 32.6 Å². The molecule has 0 aliphatic carbocycles. The summed E-state index contributed by atoms with van der Waals surface area (Å²) >= 11 is 0. The number of sulfone groups is 1. The van der Waals surface area contributed by atoms with E-state index in [-0.39, 0.29) is 40.4 Å². The molecule has 14 heteroatoms. The predicted molar refractivity (Wildman–Crippen MR) is 124 cm³/mol. The summed E-state index contributed by atoms with van der Waals surface area (Å²) in [4.78, 5) is 24.0. The quantitative estimate of drug-likeness (QED) is 0.372. The van der Waals surface area contributed by atoms with Gasteiger partial charge in [-0.1, -0.05) is 0 Å². The Morgan fingerprint density at radius 3 is 2.51 bits per heavy atom. The summed E-state index contributed by atoms with van der Waals surface area (Å²) < 4.78 is 27.1. The average molecular weight is 497 g/mol. The number of nitrogens with two attached hydrogens (primary N) is 1. The fourth-order valence-corrected chi connectivity index (χ4v) is 6.62. The predicted octanol–water partition coefficient (Wildman–Crippen LogP) is 1.08. The van der Waals surface area contributed by atoms with Gasteiger partial charge in [0, 0.05) is 41.6 Å². The number of nitrogens with zero attached hydrogens (tertiary/aromatic N) is 7. The number of piperidine rings is 1. The molecular weight excluding hydrogens is 472 g/mol. The van der Waals surface area contributed by atoms with Crippen LogP contribution in [0.4, 0.5) is 5.82 Å². The van der Waals surface area contributed by atoms with Crippen LogP contribution in [0.25, 0.3) is 16.8 Å². The number of amides is 1. The van der Waals surface area contributed by atoms with E-state index in [4.69, 9.17) is 10.7 Å². The van der Waals surface area contributed by atoms with Crippen molar-refractivity contribution in [3.8, 4) is 11.1 Å². The lowest BCUT2D eigenvalue weighted by molar-refractivity contribution is 0.0556. The minimum Gasteiger partial charge on any atom is -0.382 e. The second-order valence-corrected chi connectivity index (χ2v) is 11.2. The highest BCUT2D eigenvalue weighted by Crippen LogP contribution is 2.45. The number of carbonyl (C=O) groups is 1. The minimum absolute atomic E-state index is 0.000567. The Balaban J connectivity index is 1.43. The van der Waals surface area contributed by atoms with Crippen molar-refractivity contribution in [1.29, 1.82) is 0 Å². The number of nitrogens with one attached hydrogen (secondary N) is 2. The summed E-state index contributed by atoms with van der Waals surface area (Å²) in [5, 5.41) is 17.8. The molecule has 6 rings (SSSR count). The molecule has 2 saturated heterocycles. The van der Waals surface area contributed by atoms with Gasteiger partial charge in [-0.25, -0.2) is 18.4 Å². The SMILES string of the molecule is Cc1nc(C(=O)N2[C@@H]3CC[C@H]2CC(c2nc4c(-c5cn[nH]c5)cnn4c(N)c2S(C)(=O)=O)C3)n[nH]1. The van der Waals surface area contributed by atoms with E-state index in [1.807, 2.05) is 4.90 Å². The normalized spacial score (nSPS) is 22.2. The Morgan fingerprint density at radius 1 is 1.17 bits per heavy atom. The fourth-order valence-electron chi connectivity index (χ4n) is 5.56. The third-order valence-electron chi connectivity index (χ3n) is 6.99. The van der Waals surface area contributed by atoms with Gasteiger partial charge in [0.25, 0.3) is 5.91 Å². The Kier molecular flexibility index (Phi) is 4.71. The zero-order valence-electron chi connectivity index (χ0n) is 19.1. The smallest absolute Gasteiger partial charge is 0.294 e. The number of nitrogen functional groups attached to an aromatic ring is 1. The van der Waals surface area contributed by atoms with Crippen molar-refractivity contribution in [2.45, 2.75) is 55.5 Å². The molecule has 6 heterocycles. The number of rotatable bonds is 4. The van der Waals surface area contributed by atoms with E-state index in [9.17, 15) is 13.2 Å². The van der Waals surface area contributed by atoms with Gasteiger partial charge < -0.3 is 10.6 Å². The molecule has 1 amide bonds. The number of aromatic nitrogens is 8. The van der Waals surface area contributed by atoms with Gasteiger partial charge in [-0.15, -0.1) is 5.10 Å². The van der Waals surface area contributed by atoms with Gasteiger partial charge in [0.15, 0.2) is 15.5 Å². The Morgan fingerprint density at radius 2 is 1.91 bits per heavy atom. The number of anilines is 1. The molecule has 0 radical (unpaired) electrons. The first-order chi connectivity index (χ1) is 16.7. The number of fused-ring (bicyclic) bond motifs is 3. The number of H-pyrrole nitrogens is 2. The molecular formula is C21H24N10O3S. The number of aryl methyl sites for hydroxylation is 1. The summed E-state index contributed by atoms with van der Waals surface area (Å²) in [5.41, 5.74) is 8.76. The molecule has 2 fully saturated rings. The minimum atomic E-state index is -3.71. The van der Waals surface area contributed by atoms with Crippen LogP contribution in [-0.2, 0) is 9.84 Å². The van der Waals surface area contributed by atoms with Crippen LogP contribution >= 0.6 is 0 Å². The zero-order valence-corrected chi connectivity index (χ0v) is 19.9. The van der Waals surface area contributed by atoms with Crippen LogP contribution in [0, 0.1) is 6.92 Å². The second-order valence-electron chi connectivity index (χ2n) is 9.27. The second kappa shape index (κ2) is 7.60. The number of hydrogen-bond donors (Lipinski definition) is 3. The largest absolute Gasteiger partial charge is 0.382 e. The van der Waals surface area contributed by atoms with Crippen LogP contribution in [0.2, 0.25) is 0 Å². The van der Waals surface area contributed by atoms with Gasteiger partial charge >= 0.3 is 0 Å². The highest BCUT2D eigenvalue weighted by Gasteiger charge is 2.46. The molecule has 1 unspecified atom stereocenters. The highest BCUT2D eigenvalue weighted by atomic mass is 32.2. The molecule has 182 valence electrons. The topological polar surface area (TPSA) is 181 Å². The lowest BCUT2D eigenvalue weighted by Gasteiger charge is -2.38. The molecule has 13 nitrogen and oxygen atoms in total. The van der Waals surface area contributed by atoms with E-state index in [0.717, 1.165) is 24.7 Å². The standard InChI is InChI=1S/C21H24N10O3S/c1-10-26-19(29-28-10)21(32)30-13-3-4-14(30)6-11(5-13)16-17(35(2,33)34)18(22)31-20(27-16)15(9-25-31)12-7-23-24-8-12/h7-9,11,13-14H,3-6,22H2,1-2H3,(H,23,24)(H,26,28,29)/t11?,13-,14+. The van der Waals surface area contributed by atoms with Crippen molar-refractivity contribution < 1.29 is 13.2 Å². The van der Waals surface area contributed by atoms with Crippen LogP contribution in [0.3, 0.4) is 0 Å². The molecule has 3 atom stereocenters. The first kappa shape index (κ1) is 21.7. The van der Waals surface area contributed by atoms with Crippen molar-refractivity contribution in [2.75, 3.05) is 12.0 Å². The van der Waals surface area contributed by atoms with Crippen molar-refractivity contribution in [2.24, 2.45) is 0 Å². The summed E-state index contributed by atoms with van der Waals surface area (Å²) in [6.45, 7) is 1.75. The molecule has 4 N–H and O–H groups in total. The van der Waals surface area contributed by atoms with Crippen molar-refractivity contribution in [3.05, 3.63) is 35.9 Å². The lowest BCUT2D eigenvalue weighted by atomic mass is 9.87. The third kappa shape index (κ3) is 3.38. The average Bonchev–Trinajstić information content (AvgIpc) is 3.58. The van der Waals surface area contributed by atoms with Crippen LogP contribution in [0.5, 0.6) is 0 Å². The van der Waals surface area contributed by atoms with E-state index >= 15 is 0 Å². The van der Waals surface area contributed by atoms with Crippen molar-refractivity contribution in [3.63, 3.8) is 0 Å². The molecule has 0 aromatic carbocycles. The summed E-state index contributed by atoms with van der Waals surface area (Å²) in [5.74, 6) is 0.376. The van der Waals surface area contributed by atoms with Crippen LogP contribution in [0.1, 0.15) is 53.7 Å². The third-order valence-corrected chi connectivity index (χ3v) is 8.15. The first-order valence-corrected chi connectivity index (χ1v) is 13.2. The lowest BCUT2D eigenvalue weighted by Crippen LogP contribution is -2.46. The fraction of sp³-hybridized carbons (Fsp3) is 0.429. The number of hydrogen-bond acceptors (Lipinski definition) is 9. The van der Waals surface area contributed by atoms with E-state index in [2.05, 4.69) is 30.5 Å². The van der Waals surface area contributed by atoms with Crippen molar-refractivity contribution >= 4 is 27.2 Å². The van der Waals surface area contributed by atoms with Gasteiger partial charge in [0.05, 0.1) is 18.1 Å². The van der Waals surface area contributed by atoms with Gasteiger partial charge in [-0.3, -0.25) is 15.0 Å². The molecule has 4 aromatic heterocycles. The summed E-state index contributed by atoms with van der Waals surface area (Å²) in [6.07, 6.45) is 8.91. The molecule has 0 spiro atoms. The molecule has 4 aromatic rings. The van der Waals surface area contributed by atoms with Crippen molar-refractivity contribution in [1.82, 2.24) is 44.9 Å². The Labute approximate surface area is 200 Å².